The molecule has 0 aliphatic carbocycles. The monoisotopic (exact) mass is 409 g/mol. The number of nitrogens with zero attached hydrogens (tertiary/aromatic N) is 3. The third kappa shape index (κ3) is 3.76. The molecule has 1 N–H and O–H groups in total. The summed E-state index contributed by atoms with van der Waals surface area (Å²) in [5.74, 6) is 0.194. The molecule has 4 aromatic rings. The summed E-state index contributed by atoms with van der Waals surface area (Å²) >= 11 is 2.51. The lowest BCUT2D eigenvalue weighted by Gasteiger charge is -2.00. The zero-order valence-corrected chi connectivity index (χ0v) is 15.9. The van der Waals surface area contributed by atoms with Crippen LogP contribution in [0.25, 0.3) is 27.1 Å². The molecule has 0 saturated carbocycles. The van der Waals surface area contributed by atoms with Gasteiger partial charge in [0.05, 0.1) is 22.2 Å². The van der Waals surface area contributed by atoms with Crippen LogP contribution in [0.5, 0.6) is 0 Å². The van der Waals surface area contributed by atoms with Crippen molar-refractivity contribution in [2.24, 2.45) is 0 Å². The Bertz CT molecular complexity index is 1170. The molecule has 28 heavy (non-hydrogen) atoms. The Balaban J connectivity index is 1.51. The molecule has 5 nitrogen and oxygen atoms in total. The van der Waals surface area contributed by atoms with Gasteiger partial charge in [0.15, 0.2) is 5.76 Å². The Morgan fingerprint density at radius 2 is 2.00 bits per heavy atom. The van der Waals surface area contributed by atoms with E-state index in [0.29, 0.717) is 21.6 Å². The highest BCUT2D eigenvalue weighted by Crippen LogP contribution is 2.31. The number of hydrogen-bond acceptors (Lipinski definition) is 7. The van der Waals surface area contributed by atoms with Crippen LogP contribution in [-0.4, -0.2) is 20.8 Å². The van der Waals surface area contributed by atoms with Gasteiger partial charge < -0.3 is 9.52 Å². The van der Waals surface area contributed by atoms with Gasteiger partial charge in [-0.05, 0) is 36.4 Å². The van der Waals surface area contributed by atoms with Crippen LogP contribution in [0, 0.1) is 17.1 Å². The van der Waals surface area contributed by atoms with E-state index in [9.17, 15) is 14.8 Å². The summed E-state index contributed by atoms with van der Waals surface area (Å²) in [4.78, 5) is 8.56. The predicted molar refractivity (Wildman–Crippen MR) is 107 cm³/mol. The molecule has 4 rings (SSSR count). The topological polar surface area (TPSA) is 82.9 Å². The van der Waals surface area contributed by atoms with Crippen molar-refractivity contribution < 1.29 is 13.9 Å². The van der Waals surface area contributed by atoms with Crippen LogP contribution in [0.2, 0.25) is 0 Å². The fourth-order valence-corrected chi connectivity index (χ4v) is 4.15. The van der Waals surface area contributed by atoms with E-state index < -0.39 is 0 Å². The van der Waals surface area contributed by atoms with Gasteiger partial charge in [0.1, 0.15) is 28.2 Å². The Morgan fingerprint density at radius 3 is 2.75 bits per heavy atom. The normalized spacial score (nSPS) is 12.0. The molecule has 0 unspecified atom stereocenters. The van der Waals surface area contributed by atoms with Gasteiger partial charge in [-0.25, -0.2) is 14.4 Å². The number of thioether (sulfide) groups is 1. The smallest absolute Gasteiger partial charge is 0.256 e. The first-order chi connectivity index (χ1) is 13.6. The van der Waals surface area contributed by atoms with Gasteiger partial charge in [0.25, 0.3) is 5.22 Å². The van der Waals surface area contributed by atoms with Crippen LogP contribution in [0.15, 0.2) is 70.1 Å². The lowest BCUT2D eigenvalue weighted by molar-refractivity contribution is 0.419. The second-order valence-corrected chi connectivity index (χ2v) is 7.66. The third-order valence-electron chi connectivity index (χ3n) is 3.85. The van der Waals surface area contributed by atoms with E-state index in [1.165, 1.54) is 29.7 Å². The molecule has 0 aliphatic rings. The predicted octanol–water partition coefficient (Wildman–Crippen LogP) is 5.68. The molecule has 0 spiro atoms. The second-order valence-electron chi connectivity index (χ2n) is 5.71. The summed E-state index contributed by atoms with van der Waals surface area (Å²) in [6.07, 6.45) is 1.54. The molecular weight excluding hydrogens is 397 g/mol. The van der Waals surface area contributed by atoms with Crippen molar-refractivity contribution >= 4 is 38.9 Å². The van der Waals surface area contributed by atoms with Crippen LogP contribution < -0.4 is 0 Å². The number of allylic oxidation sites excluding steroid dienone is 1. The summed E-state index contributed by atoms with van der Waals surface area (Å²) in [7, 11) is 0. The van der Waals surface area contributed by atoms with Gasteiger partial charge in [-0.1, -0.05) is 23.9 Å². The van der Waals surface area contributed by atoms with Crippen molar-refractivity contribution in [2.45, 2.75) is 5.22 Å². The van der Waals surface area contributed by atoms with Gasteiger partial charge in [-0.15, -0.1) is 11.3 Å². The van der Waals surface area contributed by atoms with E-state index >= 15 is 0 Å². The Morgan fingerprint density at radius 1 is 1.21 bits per heavy atom. The summed E-state index contributed by atoms with van der Waals surface area (Å²) < 4.78 is 19.6. The fourth-order valence-electron chi connectivity index (χ4n) is 2.49. The van der Waals surface area contributed by atoms with Gasteiger partial charge in [0.2, 0.25) is 0 Å². The van der Waals surface area contributed by atoms with Crippen molar-refractivity contribution in [1.29, 1.82) is 5.26 Å². The molecule has 2 aromatic heterocycles. The van der Waals surface area contributed by atoms with Crippen LogP contribution in [0.3, 0.4) is 0 Å². The highest BCUT2D eigenvalue weighted by molar-refractivity contribution is 7.99. The molecular formula is C20H12FN3O2S2. The molecule has 2 aromatic carbocycles. The molecule has 0 saturated heterocycles. The van der Waals surface area contributed by atoms with Crippen LogP contribution in [-0.2, 0) is 0 Å². The molecule has 0 radical (unpaired) electrons. The number of fused-ring (bicyclic) bond motifs is 1. The zero-order chi connectivity index (χ0) is 19.5. The Kier molecular flexibility index (Phi) is 5.10. The molecule has 2 heterocycles. The zero-order valence-electron chi connectivity index (χ0n) is 14.3. The number of thiazole rings is 1. The number of halogens is 1. The maximum Gasteiger partial charge on any atom is 0.256 e. The summed E-state index contributed by atoms with van der Waals surface area (Å²) in [5, 5.41) is 20.7. The average Bonchev–Trinajstić information content (AvgIpc) is 3.34. The number of nitriles is 1. The van der Waals surface area contributed by atoms with Gasteiger partial charge in [-0.3, -0.25) is 0 Å². The van der Waals surface area contributed by atoms with E-state index in [1.54, 1.807) is 12.1 Å². The van der Waals surface area contributed by atoms with E-state index in [2.05, 4.69) is 9.97 Å². The van der Waals surface area contributed by atoms with Crippen molar-refractivity contribution in [2.75, 3.05) is 5.75 Å². The Labute approximate surface area is 167 Å². The number of benzene rings is 2. The maximum atomic E-state index is 13.0. The maximum absolute atomic E-state index is 13.0. The van der Waals surface area contributed by atoms with Crippen LogP contribution in [0.4, 0.5) is 4.39 Å². The van der Waals surface area contributed by atoms with Crippen molar-refractivity contribution in [3.63, 3.8) is 0 Å². The number of oxazole rings is 1. The number of para-hydroxylation sites is 1. The number of aliphatic hydroxyl groups excluding tert-OH is 1. The lowest BCUT2D eigenvalue weighted by atomic mass is 10.2. The highest BCUT2D eigenvalue weighted by Gasteiger charge is 2.15. The van der Waals surface area contributed by atoms with E-state index in [4.69, 9.17) is 4.42 Å². The first kappa shape index (κ1) is 18.2. The van der Waals surface area contributed by atoms with Crippen molar-refractivity contribution in [3.8, 4) is 17.4 Å². The van der Waals surface area contributed by atoms with E-state index in [1.807, 2.05) is 30.3 Å². The van der Waals surface area contributed by atoms with E-state index in [0.717, 1.165) is 22.0 Å². The largest absolute Gasteiger partial charge is 0.510 e. The fraction of sp³-hybridized carbons (Fsp3) is 0.0500. The second kappa shape index (κ2) is 7.84. The summed E-state index contributed by atoms with van der Waals surface area (Å²) in [6, 6.07) is 15.5. The summed E-state index contributed by atoms with van der Waals surface area (Å²) in [6.45, 7) is 0. The summed E-state index contributed by atoms with van der Waals surface area (Å²) in [5.41, 5.74) is 1.62. The first-order valence-electron chi connectivity index (χ1n) is 8.17. The lowest BCUT2D eigenvalue weighted by Crippen LogP contribution is -1.92. The van der Waals surface area contributed by atoms with E-state index in [-0.39, 0.29) is 22.9 Å². The van der Waals surface area contributed by atoms with Crippen LogP contribution in [0.1, 0.15) is 5.01 Å². The highest BCUT2D eigenvalue weighted by atomic mass is 32.2. The minimum Gasteiger partial charge on any atom is -0.510 e. The minimum atomic E-state index is -0.327. The van der Waals surface area contributed by atoms with Gasteiger partial charge in [0, 0.05) is 5.56 Å². The number of rotatable bonds is 5. The van der Waals surface area contributed by atoms with Crippen molar-refractivity contribution in [3.05, 3.63) is 71.3 Å². The molecule has 0 atom stereocenters. The van der Waals surface area contributed by atoms with Crippen LogP contribution >= 0.6 is 23.1 Å². The molecule has 0 bridgehead atoms. The van der Waals surface area contributed by atoms with Crippen molar-refractivity contribution in [1.82, 2.24) is 9.97 Å². The number of aromatic nitrogens is 2. The SMILES string of the molecule is N#CC(=C(O)CSc1ncc(-c2ccc(F)cc2)o1)c1nc2ccccc2s1. The third-order valence-corrected chi connectivity index (χ3v) is 5.76. The van der Waals surface area contributed by atoms with Gasteiger partial charge >= 0.3 is 0 Å². The molecule has 0 amide bonds. The average molecular weight is 409 g/mol. The quantitative estimate of drug-likeness (QED) is 0.260. The molecule has 0 aliphatic heterocycles. The first-order valence-corrected chi connectivity index (χ1v) is 9.97. The molecule has 8 heteroatoms. The molecule has 138 valence electrons. The van der Waals surface area contributed by atoms with Gasteiger partial charge in [-0.2, -0.15) is 5.26 Å². The number of hydrogen-bond donors (Lipinski definition) is 1. The molecule has 0 fully saturated rings. The minimum absolute atomic E-state index is 0.0897. The standard InChI is InChI=1S/C20H12FN3O2S2/c21-13-7-5-12(6-8-13)17-10-23-20(26-17)27-11-16(25)14(9-22)19-24-15-3-1-2-4-18(15)28-19/h1-8,10,25H,11H2. The number of aliphatic hydroxyl groups is 1. The Hall–Kier alpha value is -3.15.